The molecule has 640 valence electrons. The minimum absolute atomic E-state index is 0.611. The first-order chi connectivity index (χ1) is 60.5. The maximum Gasteiger partial charge on any atom is 0.145 e. The molecule has 0 bridgehead atoms. The van der Waals surface area contributed by atoms with Crippen LogP contribution in [0.2, 0.25) is 52.4 Å². The van der Waals surface area contributed by atoms with Crippen molar-refractivity contribution in [3.8, 4) is 22.3 Å². The van der Waals surface area contributed by atoms with E-state index in [-0.39, 0.29) is 0 Å². The summed E-state index contributed by atoms with van der Waals surface area (Å²) in [5.41, 5.74) is 29.1. The van der Waals surface area contributed by atoms with Gasteiger partial charge in [0.2, 0.25) is 0 Å². The van der Waals surface area contributed by atoms with E-state index in [4.69, 9.17) is 8.22 Å². The molecular weight excluding hydrogens is 1530 g/mol. The highest BCUT2D eigenvalue weighted by molar-refractivity contribution is 7.10. The average molecular weight is 1680 g/mol. The summed E-state index contributed by atoms with van der Waals surface area (Å²) in [6.07, 6.45) is 5.81. The summed E-state index contributed by atoms with van der Waals surface area (Å²) in [7, 11) is -3.55. The van der Waals surface area contributed by atoms with Gasteiger partial charge in [-0.1, -0.05) is 465 Å². The summed E-state index contributed by atoms with van der Waals surface area (Å²) in [6, 6.07) is 112. The van der Waals surface area contributed by atoms with E-state index in [2.05, 4.69) is 418 Å². The highest BCUT2D eigenvalue weighted by Gasteiger charge is 2.37. The van der Waals surface area contributed by atoms with Crippen molar-refractivity contribution >= 4 is 55.7 Å². The van der Waals surface area contributed by atoms with Crippen molar-refractivity contribution in [2.45, 2.75) is 222 Å². The van der Waals surface area contributed by atoms with Crippen LogP contribution in [0.25, 0.3) is 33.0 Å². The lowest BCUT2D eigenvalue weighted by molar-refractivity contribution is 0.660. The van der Waals surface area contributed by atoms with Gasteiger partial charge in [-0.25, -0.2) is 0 Å². The zero-order valence-corrected chi connectivity index (χ0v) is 83.0. The van der Waals surface area contributed by atoms with Gasteiger partial charge in [0, 0.05) is 27.1 Å². The lowest BCUT2D eigenvalue weighted by Crippen LogP contribution is -2.64. The lowest BCUT2D eigenvalue weighted by atomic mass is 9.82. The molecule has 0 nitrogen and oxygen atoms in total. The van der Waals surface area contributed by atoms with Crippen LogP contribution in [-0.2, 0) is 10.8 Å². The summed E-state index contributed by atoms with van der Waals surface area (Å²) in [5.74, 6) is 0.772. The molecule has 0 aromatic heterocycles. The summed E-state index contributed by atoms with van der Waals surface area (Å²) < 4.78 is 47.9. The van der Waals surface area contributed by atoms with Gasteiger partial charge in [-0.2, -0.15) is 0 Å². The normalized spacial score (nSPS) is 15.6. The van der Waals surface area contributed by atoms with Crippen molar-refractivity contribution in [2.24, 2.45) is 5.92 Å². The Morgan fingerprint density at radius 3 is 1.02 bits per heavy atom. The van der Waals surface area contributed by atoms with E-state index in [0.29, 0.717) is 0 Å². The van der Waals surface area contributed by atoms with Gasteiger partial charge in [-0.3, -0.25) is 0 Å². The Morgan fingerprint density at radius 2 is 0.618 bits per heavy atom. The maximum atomic E-state index is 7.99. The molecule has 0 N–H and O–H groups in total. The molecule has 3 aliphatic carbocycles. The Bertz CT molecular complexity index is 5730. The van der Waals surface area contributed by atoms with Crippen LogP contribution in [0.3, 0.4) is 0 Å². The molecule has 14 aromatic carbocycles. The smallest absolute Gasteiger partial charge is 0.0810 e. The van der Waals surface area contributed by atoms with Gasteiger partial charge >= 0.3 is 0 Å². The molecule has 0 spiro atoms. The maximum absolute atomic E-state index is 7.99. The molecule has 0 amide bonds. The number of hydrogen-bond donors (Lipinski definition) is 0. The van der Waals surface area contributed by atoms with Crippen LogP contribution < -0.4 is 20.7 Å². The zero-order valence-electron chi connectivity index (χ0n) is 86.0. The van der Waals surface area contributed by atoms with Crippen LogP contribution in [-0.4, -0.2) is 24.2 Å². The number of allylic oxidation sites excluding steroid dienone is 4. The van der Waals surface area contributed by atoms with Crippen LogP contribution >= 0.6 is 0 Å². The second-order valence-electron chi connectivity index (χ2n) is 37.3. The predicted molar refractivity (Wildman–Crippen MR) is 559 cm³/mol. The first-order valence-corrected chi connectivity index (χ1v) is 54.1. The van der Waals surface area contributed by atoms with Gasteiger partial charge in [0.25, 0.3) is 0 Å². The Morgan fingerprint density at radius 1 is 0.285 bits per heavy atom. The predicted octanol–water partition coefficient (Wildman–Crippen LogP) is 32.1. The molecule has 3 heteroatoms. The SMILES string of the molecule is CC1=CC[C@@H](C)C(C)=C1.C[Si](C)(C)C.C[Si](c1ccccc1)(c1ccccc1)c1ccccc1.Cc1ccc(C)c(C)c1.Cc1ccc([Si](C)(C)C)cc1.Cc1ccc2cc(C)ccc2c1.Cc1cccc(C)c1C.Cc1ccccc1C.Cc1ccccc1C.[2H]C([2H])([2H])C1(C)c2ccccc2-c2c(C)cccc21.[2H]C([2H])([2H])C1(C)c2ccccc2-c2cc(C)ccc21. The van der Waals surface area contributed by atoms with E-state index in [1.807, 2.05) is 107 Å². The van der Waals surface area contributed by atoms with Gasteiger partial charge in [0.05, 0.1) is 8.07 Å². The third kappa shape index (κ3) is 29.6. The summed E-state index contributed by atoms with van der Waals surface area (Å²) in [4.78, 5) is 0. The quantitative estimate of drug-likeness (QED) is 0.122. The van der Waals surface area contributed by atoms with Crippen molar-refractivity contribution in [1.82, 2.24) is 0 Å². The average Bonchev–Trinajstić information content (AvgIpc) is 1.56. The first-order valence-electron chi connectivity index (χ1n) is 47.1. The minimum atomic E-state index is -2.05. The van der Waals surface area contributed by atoms with E-state index in [1.165, 1.54) is 116 Å². The first kappa shape index (κ1) is 90.2. The third-order valence-electron chi connectivity index (χ3n) is 23.6. The van der Waals surface area contributed by atoms with Crippen molar-refractivity contribution in [3.05, 3.63) is 451 Å². The van der Waals surface area contributed by atoms with Crippen LogP contribution in [0.4, 0.5) is 0 Å². The second kappa shape index (κ2) is 46.3. The number of benzene rings is 14. The van der Waals surface area contributed by atoms with E-state index in [9.17, 15) is 0 Å². The molecule has 17 rings (SSSR count). The largest absolute Gasteiger partial charge is 0.145 e. The molecule has 2 unspecified atom stereocenters. The third-order valence-corrected chi connectivity index (χ3v) is 30.1. The number of hydrogen-bond acceptors (Lipinski definition) is 0. The van der Waals surface area contributed by atoms with Crippen molar-refractivity contribution in [3.63, 3.8) is 0 Å². The fourth-order valence-electron chi connectivity index (χ4n) is 14.9. The highest BCUT2D eigenvalue weighted by atomic mass is 28.3. The number of fused-ring (bicyclic) bond motifs is 7. The van der Waals surface area contributed by atoms with Crippen LogP contribution in [0.1, 0.15) is 169 Å². The monoisotopic (exact) mass is 1680 g/mol. The lowest BCUT2D eigenvalue weighted by Gasteiger charge is -2.29. The Hall–Kier alpha value is -10.5. The molecule has 3 atom stereocenters. The molecule has 0 fully saturated rings. The minimum Gasteiger partial charge on any atom is -0.0810 e. The Labute approximate surface area is 759 Å². The second-order valence-corrected chi connectivity index (χ2v) is 52.4. The molecule has 123 heavy (non-hydrogen) atoms. The Kier molecular flexibility index (Phi) is 33.9. The van der Waals surface area contributed by atoms with E-state index >= 15 is 0 Å². The van der Waals surface area contributed by atoms with E-state index in [1.54, 1.807) is 5.19 Å². The fourth-order valence-corrected chi connectivity index (χ4v) is 19.7. The van der Waals surface area contributed by atoms with Crippen molar-refractivity contribution < 1.29 is 8.22 Å². The summed E-state index contributed by atoms with van der Waals surface area (Å²) >= 11 is 0. The van der Waals surface area contributed by atoms with Crippen molar-refractivity contribution in [1.29, 1.82) is 0 Å². The molecular formula is C120H148Si3. The summed E-state index contributed by atoms with van der Waals surface area (Å²) in [6.45, 7) is 56.8. The van der Waals surface area contributed by atoms with Crippen LogP contribution in [0, 0.1) is 110 Å². The molecule has 0 saturated heterocycles. The van der Waals surface area contributed by atoms with Gasteiger partial charge in [-0.05, 0) is 257 Å². The van der Waals surface area contributed by atoms with Gasteiger partial charge < -0.3 is 0 Å². The summed E-state index contributed by atoms with van der Waals surface area (Å²) in [5, 5.41) is 8.58. The van der Waals surface area contributed by atoms with Gasteiger partial charge in [0.1, 0.15) is 8.07 Å². The van der Waals surface area contributed by atoms with Gasteiger partial charge in [-0.15, -0.1) is 0 Å². The molecule has 3 aliphatic rings. The van der Waals surface area contributed by atoms with Gasteiger partial charge in [0.15, 0.2) is 0 Å². The molecule has 14 aromatic rings. The topological polar surface area (TPSA) is 0 Å². The fraction of sp³-hybridized carbons (Fsp3) is 0.283. The van der Waals surface area contributed by atoms with Crippen LogP contribution in [0.15, 0.2) is 345 Å². The number of rotatable bonds is 4. The van der Waals surface area contributed by atoms with Crippen LogP contribution in [0.5, 0.6) is 0 Å². The standard InChI is InChI=1S/C19H18Si.2C16H16.C12H12.C10H16Si.C9H14.2C9H12.2C8H10.C4H12Si/c1-20(17-11-5-2-6-12-17,18-13-7-3-8-14-18)19-15-9-4-10-16-19;1-11-7-6-10-14-15(11)12-8-4-5-9-13(12)16(14,2)3;1-11-8-9-15-13(10-11)12-6-4-5-7-14(12)16(15,2)3;1-9-3-5-12-8-10(2)4-6-11(12)7-9;1-9-5-7-10(8-6-9)11(2,3)4;2*1-7-4-5-8(2)9(3)6-7;1-7-5-4-6-8(2)9(7)3;2*1-7-5-3-4-6-8(7)2;1-5(2,3)4/h2-16H,1H3;2*4-10H,1-3H3;3-8H,1-2H3;5-8H,1-4H3;4,6,8H,5H2,1-3H3;2*4-6H,1-3H3;2*3-6H,1-2H3;1-4H3/t;;;;;8-;;;;;/m.....1...../s1/i;2*2D3;;;;;;;;. The Balaban J connectivity index is 0.000000199. The molecule has 0 saturated carbocycles. The van der Waals surface area contributed by atoms with Crippen molar-refractivity contribution in [2.75, 3.05) is 0 Å². The number of aryl methyl sites for hydroxylation is 14. The highest BCUT2D eigenvalue weighted by Crippen LogP contribution is 2.50. The zero-order chi connectivity index (χ0) is 95.6. The molecule has 0 heterocycles. The van der Waals surface area contributed by atoms with E-state index < -0.39 is 48.8 Å². The van der Waals surface area contributed by atoms with E-state index in [0.717, 1.165) is 61.6 Å². The molecule has 0 aliphatic heterocycles. The molecule has 0 radical (unpaired) electrons.